The third kappa shape index (κ3) is 6.43. The van der Waals surface area contributed by atoms with E-state index in [0.717, 1.165) is 43.6 Å². The van der Waals surface area contributed by atoms with Crippen molar-refractivity contribution in [2.45, 2.75) is 37.1 Å². The topological polar surface area (TPSA) is 101 Å². The number of ether oxygens (including phenoxy) is 1. The fourth-order valence-corrected chi connectivity index (χ4v) is 4.70. The Bertz CT molecular complexity index is 1080. The van der Waals surface area contributed by atoms with Gasteiger partial charge in [-0.3, -0.25) is 0 Å². The highest BCUT2D eigenvalue weighted by Crippen LogP contribution is 2.35. The molecule has 1 aliphatic rings. The molecule has 0 bridgehead atoms. The van der Waals surface area contributed by atoms with E-state index >= 15 is 0 Å². The highest BCUT2D eigenvalue weighted by atomic mass is 19.1. The van der Waals surface area contributed by atoms with Gasteiger partial charge in [-0.15, -0.1) is 0 Å². The third-order valence-electron chi connectivity index (χ3n) is 6.66. The number of amides is 1. The number of methoxy groups -OCH3 is 1. The molecule has 35 heavy (non-hydrogen) atoms. The first-order chi connectivity index (χ1) is 17.0. The molecule has 2 heterocycles. The molecule has 1 atom stereocenters. The van der Waals surface area contributed by atoms with E-state index in [1.807, 2.05) is 30.3 Å². The number of nitrogens with zero attached hydrogens (tertiary/aromatic N) is 3. The Morgan fingerprint density at radius 3 is 2.57 bits per heavy atom. The zero-order valence-electron chi connectivity index (χ0n) is 19.8. The van der Waals surface area contributed by atoms with Crippen molar-refractivity contribution in [3.8, 4) is 0 Å². The number of hydrogen-bond donors (Lipinski definition) is 2. The van der Waals surface area contributed by atoms with Gasteiger partial charge < -0.3 is 24.6 Å². The van der Waals surface area contributed by atoms with Gasteiger partial charge in [0.05, 0.1) is 18.1 Å². The van der Waals surface area contributed by atoms with Crippen LogP contribution in [0.25, 0.3) is 0 Å². The smallest absolute Gasteiger partial charge is 0.405 e. The summed E-state index contributed by atoms with van der Waals surface area (Å²) < 4.78 is 24.4. The molecule has 0 saturated carbocycles. The van der Waals surface area contributed by atoms with Gasteiger partial charge in [-0.25, -0.2) is 9.18 Å². The van der Waals surface area contributed by atoms with E-state index in [-0.39, 0.29) is 17.3 Å². The molecule has 1 fully saturated rings. The van der Waals surface area contributed by atoms with Crippen LogP contribution in [0.2, 0.25) is 0 Å². The summed E-state index contributed by atoms with van der Waals surface area (Å²) in [6.07, 6.45) is 1.71. The Morgan fingerprint density at radius 2 is 1.91 bits per heavy atom. The van der Waals surface area contributed by atoms with Gasteiger partial charge in [-0.2, -0.15) is 4.98 Å². The lowest BCUT2D eigenvalue weighted by Crippen LogP contribution is -2.46. The summed E-state index contributed by atoms with van der Waals surface area (Å²) in [5.41, 5.74) is 1.51. The van der Waals surface area contributed by atoms with Crippen LogP contribution in [0.5, 0.6) is 0 Å². The van der Waals surface area contributed by atoms with Crippen molar-refractivity contribution in [1.29, 1.82) is 0 Å². The number of benzene rings is 2. The van der Waals surface area contributed by atoms with Crippen molar-refractivity contribution in [1.82, 2.24) is 20.4 Å². The first kappa shape index (κ1) is 24.8. The minimum Gasteiger partial charge on any atom is -0.465 e. The molecular formula is C26H31FN4O4. The molecule has 1 aromatic heterocycles. The van der Waals surface area contributed by atoms with E-state index in [1.165, 1.54) is 12.1 Å². The van der Waals surface area contributed by atoms with Crippen LogP contribution in [-0.2, 0) is 16.6 Å². The lowest BCUT2D eigenvalue weighted by atomic mass is 9.78. The maximum absolute atomic E-state index is 13.2. The Balaban J connectivity index is 1.37. The number of halogens is 1. The van der Waals surface area contributed by atoms with Gasteiger partial charge >= 0.3 is 6.09 Å². The van der Waals surface area contributed by atoms with E-state index in [9.17, 15) is 14.3 Å². The predicted molar refractivity (Wildman–Crippen MR) is 128 cm³/mol. The van der Waals surface area contributed by atoms with Crippen molar-refractivity contribution in [2.75, 3.05) is 33.4 Å². The van der Waals surface area contributed by atoms with Gasteiger partial charge in [-0.05, 0) is 55.6 Å². The fourth-order valence-electron chi connectivity index (χ4n) is 4.70. The quantitative estimate of drug-likeness (QED) is 0.447. The zero-order valence-corrected chi connectivity index (χ0v) is 19.8. The second-order valence-corrected chi connectivity index (χ2v) is 9.08. The lowest BCUT2D eigenvalue weighted by molar-refractivity contribution is 0.0518. The van der Waals surface area contributed by atoms with E-state index in [2.05, 4.69) is 20.4 Å². The second-order valence-electron chi connectivity index (χ2n) is 9.08. The standard InChI is InChI=1S/C26H31FN4O4/c1-34-18-26(24-29-23(30-35-24)17-19-7-9-21(27)10-8-19)12-15-31(16-13-26)14-11-22(28-25(32)33)20-5-3-2-4-6-20/h2-10,22,28H,11-18H2,1H3,(H,32,33)/t22-/m0/s1. The third-order valence-corrected chi connectivity index (χ3v) is 6.66. The molecule has 1 saturated heterocycles. The molecule has 4 rings (SSSR count). The number of aromatic nitrogens is 2. The minimum atomic E-state index is -1.02. The molecule has 1 aliphatic heterocycles. The van der Waals surface area contributed by atoms with E-state index in [1.54, 1.807) is 19.2 Å². The average Bonchev–Trinajstić information content (AvgIpc) is 3.34. The number of carbonyl (C=O) groups is 1. The van der Waals surface area contributed by atoms with E-state index in [0.29, 0.717) is 31.2 Å². The summed E-state index contributed by atoms with van der Waals surface area (Å²) in [5, 5.41) is 16.1. The molecular weight excluding hydrogens is 451 g/mol. The largest absolute Gasteiger partial charge is 0.465 e. The van der Waals surface area contributed by atoms with Crippen molar-refractivity contribution < 1.29 is 23.6 Å². The molecule has 0 spiro atoms. The summed E-state index contributed by atoms with van der Waals surface area (Å²) in [4.78, 5) is 18.3. The van der Waals surface area contributed by atoms with E-state index in [4.69, 9.17) is 9.26 Å². The molecule has 0 radical (unpaired) electrons. The number of hydrogen-bond acceptors (Lipinski definition) is 6. The van der Waals surface area contributed by atoms with Crippen LogP contribution < -0.4 is 5.32 Å². The van der Waals surface area contributed by atoms with Gasteiger partial charge in [0, 0.05) is 20.1 Å². The first-order valence-corrected chi connectivity index (χ1v) is 11.8. The summed E-state index contributed by atoms with van der Waals surface area (Å²) >= 11 is 0. The van der Waals surface area contributed by atoms with Crippen LogP contribution in [0, 0.1) is 5.82 Å². The summed E-state index contributed by atoms with van der Waals surface area (Å²) in [6.45, 7) is 2.87. The Labute approximate surface area is 204 Å². The van der Waals surface area contributed by atoms with E-state index < -0.39 is 6.09 Å². The molecule has 2 N–H and O–H groups in total. The Morgan fingerprint density at radius 1 is 1.20 bits per heavy atom. The van der Waals surface area contributed by atoms with Crippen LogP contribution in [0.4, 0.5) is 9.18 Å². The molecule has 2 aromatic carbocycles. The van der Waals surface area contributed by atoms with Crippen LogP contribution in [0.15, 0.2) is 59.1 Å². The van der Waals surface area contributed by atoms with Crippen molar-refractivity contribution in [2.24, 2.45) is 0 Å². The highest BCUT2D eigenvalue weighted by Gasteiger charge is 2.41. The second kappa shape index (κ2) is 11.4. The molecule has 1 amide bonds. The van der Waals surface area contributed by atoms with Crippen LogP contribution in [-0.4, -0.2) is 59.6 Å². The van der Waals surface area contributed by atoms with Gasteiger partial charge in [-0.1, -0.05) is 47.6 Å². The average molecular weight is 483 g/mol. The molecule has 186 valence electrons. The molecule has 3 aromatic rings. The van der Waals surface area contributed by atoms with Crippen molar-refractivity contribution in [3.05, 3.63) is 83.3 Å². The van der Waals surface area contributed by atoms with Crippen LogP contribution in [0.3, 0.4) is 0 Å². The van der Waals surface area contributed by atoms with Crippen LogP contribution >= 0.6 is 0 Å². The van der Waals surface area contributed by atoms with Crippen molar-refractivity contribution >= 4 is 6.09 Å². The van der Waals surface area contributed by atoms with Gasteiger partial charge in [0.25, 0.3) is 0 Å². The highest BCUT2D eigenvalue weighted by molar-refractivity contribution is 5.65. The summed E-state index contributed by atoms with van der Waals surface area (Å²) in [5.74, 6) is 0.864. The normalized spacial score (nSPS) is 16.6. The monoisotopic (exact) mass is 482 g/mol. The SMILES string of the molecule is COCC1(c2nc(Cc3ccc(F)cc3)no2)CCN(CC[C@H](NC(=O)O)c2ccccc2)CC1. The molecule has 8 nitrogen and oxygen atoms in total. The number of carboxylic acid groups (broad SMARTS) is 1. The maximum atomic E-state index is 13.2. The Kier molecular flexibility index (Phi) is 8.09. The number of likely N-dealkylation sites (tertiary alicyclic amines) is 1. The number of piperidine rings is 1. The van der Waals surface area contributed by atoms with Crippen molar-refractivity contribution in [3.63, 3.8) is 0 Å². The molecule has 0 aliphatic carbocycles. The van der Waals surface area contributed by atoms with Crippen LogP contribution in [0.1, 0.15) is 48.1 Å². The molecule has 0 unspecified atom stereocenters. The maximum Gasteiger partial charge on any atom is 0.405 e. The van der Waals surface area contributed by atoms with Gasteiger partial charge in [0.1, 0.15) is 5.82 Å². The Hall–Kier alpha value is -3.30. The summed E-state index contributed by atoms with van der Waals surface area (Å²) in [6, 6.07) is 15.7. The minimum absolute atomic E-state index is 0.260. The summed E-state index contributed by atoms with van der Waals surface area (Å²) in [7, 11) is 1.67. The number of nitrogens with one attached hydrogen (secondary N) is 1. The predicted octanol–water partition coefficient (Wildman–Crippen LogP) is 4.18. The zero-order chi connectivity index (χ0) is 24.7. The lowest BCUT2D eigenvalue weighted by Gasteiger charge is -2.39. The first-order valence-electron chi connectivity index (χ1n) is 11.8. The van der Waals surface area contributed by atoms with Gasteiger partial charge in [0.15, 0.2) is 5.82 Å². The molecule has 9 heteroatoms. The fraction of sp³-hybridized carbons (Fsp3) is 0.423. The number of rotatable bonds is 10. The van der Waals surface area contributed by atoms with Gasteiger partial charge in [0.2, 0.25) is 5.89 Å².